The van der Waals surface area contributed by atoms with Crippen molar-refractivity contribution in [2.45, 2.75) is 40.2 Å². The Labute approximate surface area is 176 Å². The van der Waals surface area contributed by atoms with Crippen LogP contribution in [0.4, 0.5) is 5.82 Å². The number of pyridine rings is 3. The molecule has 0 saturated heterocycles. The van der Waals surface area contributed by atoms with Crippen LogP contribution in [-0.4, -0.2) is 20.9 Å². The average molecular weight is 399 g/mol. The van der Waals surface area contributed by atoms with Crippen molar-refractivity contribution in [3.05, 3.63) is 87.1 Å². The molecule has 3 heterocycles. The number of hydrogen-bond donors (Lipinski definition) is 2. The van der Waals surface area contributed by atoms with Gasteiger partial charge in [0.25, 0.3) is 5.91 Å². The van der Waals surface area contributed by atoms with E-state index in [1.165, 1.54) is 11.1 Å². The minimum atomic E-state index is -0.129. The second kappa shape index (κ2) is 8.06. The molecule has 4 rings (SSSR count). The predicted octanol–water partition coefficient (Wildman–Crippen LogP) is 3.49. The maximum Gasteiger partial charge on any atom is 0.251 e. The molecule has 1 aliphatic carbocycles. The molecular formula is C24H25N5O. The third-order valence-corrected chi connectivity index (χ3v) is 5.38. The zero-order valence-electron chi connectivity index (χ0n) is 17.5. The summed E-state index contributed by atoms with van der Waals surface area (Å²) >= 11 is 0. The molecule has 3 aromatic rings. The highest BCUT2D eigenvalue weighted by Gasteiger charge is 2.16. The van der Waals surface area contributed by atoms with Gasteiger partial charge in [-0.15, -0.1) is 0 Å². The lowest BCUT2D eigenvalue weighted by Gasteiger charge is -2.12. The number of allylic oxidation sites excluding steroid dienone is 1. The molecule has 0 unspecified atom stereocenters. The van der Waals surface area contributed by atoms with E-state index in [2.05, 4.69) is 32.4 Å². The minimum absolute atomic E-state index is 0.129. The molecule has 1 aliphatic rings. The Morgan fingerprint density at radius 1 is 1.17 bits per heavy atom. The highest BCUT2D eigenvalue weighted by Crippen LogP contribution is 2.26. The van der Waals surface area contributed by atoms with Crippen LogP contribution in [-0.2, 0) is 19.4 Å². The normalized spacial score (nSPS) is 12.4. The number of hydrogen-bond acceptors (Lipinski definition) is 5. The highest BCUT2D eigenvalue weighted by molar-refractivity contribution is 5.94. The first kappa shape index (κ1) is 19.8. The number of nitrogens with one attached hydrogen (secondary N) is 1. The van der Waals surface area contributed by atoms with Gasteiger partial charge in [-0.2, -0.15) is 0 Å². The summed E-state index contributed by atoms with van der Waals surface area (Å²) in [6.45, 7) is 6.33. The van der Waals surface area contributed by atoms with Crippen LogP contribution in [0.15, 0.2) is 42.2 Å². The Bertz CT molecular complexity index is 1140. The number of nitrogen functional groups attached to an aromatic ring is 1. The molecule has 0 radical (unpaired) electrons. The van der Waals surface area contributed by atoms with Gasteiger partial charge in [-0.05, 0) is 67.3 Å². The number of nitrogens with two attached hydrogens (primary N) is 1. The molecule has 0 bridgehead atoms. The summed E-state index contributed by atoms with van der Waals surface area (Å²) in [6.07, 6.45) is 7.31. The number of rotatable bonds is 5. The number of fused-ring (bicyclic) bond motifs is 1. The first-order chi connectivity index (χ1) is 14.4. The van der Waals surface area contributed by atoms with Gasteiger partial charge in [0.05, 0.1) is 5.69 Å². The van der Waals surface area contributed by atoms with Crippen molar-refractivity contribution >= 4 is 17.8 Å². The van der Waals surface area contributed by atoms with Gasteiger partial charge >= 0.3 is 0 Å². The Hall–Kier alpha value is -3.54. The lowest BCUT2D eigenvalue weighted by molar-refractivity contribution is 0.0950. The third kappa shape index (κ3) is 4.22. The quantitative estimate of drug-likeness (QED) is 0.685. The van der Waals surface area contributed by atoms with Crippen LogP contribution in [0.2, 0.25) is 0 Å². The van der Waals surface area contributed by atoms with Crippen molar-refractivity contribution in [2.75, 3.05) is 5.73 Å². The van der Waals surface area contributed by atoms with Crippen LogP contribution < -0.4 is 11.1 Å². The maximum absolute atomic E-state index is 12.7. The van der Waals surface area contributed by atoms with E-state index in [1.807, 2.05) is 39.1 Å². The molecule has 3 N–H and O–H groups in total. The van der Waals surface area contributed by atoms with E-state index < -0.39 is 0 Å². The van der Waals surface area contributed by atoms with Crippen LogP contribution in [0.25, 0.3) is 6.08 Å². The molecule has 1 amide bonds. The molecule has 6 nitrogen and oxygen atoms in total. The fraction of sp³-hybridized carbons (Fsp3) is 0.250. The second-order valence-corrected chi connectivity index (χ2v) is 7.85. The first-order valence-corrected chi connectivity index (χ1v) is 10.00. The number of nitrogens with zero attached hydrogens (tertiary/aromatic N) is 3. The average Bonchev–Trinajstić information content (AvgIpc) is 3.08. The standard InChI is InChI=1S/C24H25N5O/c1-14-6-19-8-17(10-22(19)27-12-14)9-20-11-18(4-5-26-20)24(30)28-13-21-15(2)7-23(25)29-16(21)3/h4-8,11-12H,9-10,13H2,1-3H3,(H2,25,29)(H,28,30). The van der Waals surface area contributed by atoms with Crippen molar-refractivity contribution in [3.8, 4) is 0 Å². The van der Waals surface area contributed by atoms with Crippen LogP contribution >= 0.6 is 0 Å². The van der Waals surface area contributed by atoms with Crippen molar-refractivity contribution in [3.63, 3.8) is 0 Å². The van der Waals surface area contributed by atoms with Gasteiger partial charge in [-0.3, -0.25) is 14.8 Å². The SMILES string of the molecule is Cc1cnc2c(c1)C=C(Cc1cc(C(=O)NCc3c(C)cc(N)nc3C)ccn1)C2. The number of carbonyl (C=O) groups excluding carboxylic acids is 1. The molecule has 0 fully saturated rings. The predicted molar refractivity (Wildman–Crippen MR) is 118 cm³/mol. The lowest BCUT2D eigenvalue weighted by Crippen LogP contribution is -2.24. The number of aromatic nitrogens is 3. The summed E-state index contributed by atoms with van der Waals surface area (Å²) in [4.78, 5) is 26.0. The maximum atomic E-state index is 12.7. The van der Waals surface area contributed by atoms with E-state index in [-0.39, 0.29) is 5.91 Å². The summed E-state index contributed by atoms with van der Waals surface area (Å²) in [5, 5.41) is 2.99. The van der Waals surface area contributed by atoms with E-state index in [0.717, 1.165) is 40.2 Å². The largest absolute Gasteiger partial charge is 0.384 e. The molecular weight excluding hydrogens is 374 g/mol. The Morgan fingerprint density at radius 3 is 2.80 bits per heavy atom. The fourth-order valence-electron chi connectivity index (χ4n) is 3.87. The van der Waals surface area contributed by atoms with E-state index in [1.54, 1.807) is 12.3 Å². The Balaban J connectivity index is 1.44. The van der Waals surface area contributed by atoms with Gasteiger partial charge in [-0.1, -0.05) is 11.6 Å². The van der Waals surface area contributed by atoms with Crippen molar-refractivity contribution in [1.82, 2.24) is 20.3 Å². The summed E-state index contributed by atoms with van der Waals surface area (Å²) in [5.41, 5.74) is 14.8. The first-order valence-electron chi connectivity index (χ1n) is 10.00. The van der Waals surface area contributed by atoms with Gasteiger partial charge in [0, 0.05) is 48.7 Å². The monoisotopic (exact) mass is 399 g/mol. The number of anilines is 1. The van der Waals surface area contributed by atoms with E-state index in [4.69, 9.17) is 5.73 Å². The van der Waals surface area contributed by atoms with E-state index in [0.29, 0.717) is 24.3 Å². The zero-order chi connectivity index (χ0) is 21.3. The van der Waals surface area contributed by atoms with E-state index >= 15 is 0 Å². The molecule has 6 heteroatoms. The number of aryl methyl sites for hydroxylation is 3. The minimum Gasteiger partial charge on any atom is -0.384 e. The van der Waals surface area contributed by atoms with Crippen molar-refractivity contribution < 1.29 is 4.79 Å². The van der Waals surface area contributed by atoms with Crippen molar-refractivity contribution in [1.29, 1.82) is 0 Å². The van der Waals surface area contributed by atoms with Crippen LogP contribution in [0, 0.1) is 20.8 Å². The second-order valence-electron chi connectivity index (χ2n) is 7.85. The van der Waals surface area contributed by atoms with Gasteiger partial charge in [0.15, 0.2) is 0 Å². The molecule has 0 aromatic carbocycles. The van der Waals surface area contributed by atoms with E-state index in [9.17, 15) is 4.79 Å². The molecule has 0 aliphatic heterocycles. The summed E-state index contributed by atoms with van der Waals surface area (Å²) in [5.74, 6) is 0.364. The lowest BCUT2D eigenvalue weighted by atomic mass is 10.1. The molecule has 0 atom stereocenters. The molecule has 3 aromatic heterocycles. The van der Waals surface area contributed by atoms with Gasteiger partial charge in [-0.25, -0.2) is 4.98 Å². The number of amides is 1. The molecule has 152 valence electrons. The number of carbonyl (C=O) groups is 1. The summed E-state index contributed by atoms with van der Waals surface area (Å²) < 4.78 is 0. The van der Waals surface area contributed by atoms with Gasteiger partial charge in [0.1, 0.15) is 5.82 Å². The fourth-order valence-corrected chi connectivity index (χ4v) is 3.87. The van der Waals surface area contributed by atoms with Crippen molar-refractivity contribution in [2.24, 2.45) is 0 Å². The van der Waals surface area contributed by atoms with Crippen LogP contribution in [0.3, 0.4) is 0 Å². The molecule has 0 spiro atoms. The van der Waals surface area contributed by atoms with Gasteiger partial charge < -0.3 is 11.1 Å². The molecule has 30 heavy (non-hydrogen) atoms. The smallest absolute Gasteiger partial charge is 0.251 e. The Kier molecular flexibility index (Phi) is 5.31. The summed E-state index contributed by atoms with van der Waals surface area (Å²) in [6, 6.07) is 7.58. The third-order valence-electron chi connectivity index (χ3n) is 5.38. The van der Waals surface area contributed by atoms with Gasteiger partial charge in [0.2, 0.25) is 0 Å². The van der Waals surface area contributed by atoms with Crippen LogP contribution in [0.5, 0.6) is 0 Å². The topological polar surface area (TPSA) is 93.8 Å². The molecule has 0 saturated carbocycles. The highest BCUT2D eigenvalue weighted by atomic mass is 16.1. The Morgan fingerprint density at radius 2 is 2.00 bits per heavy atom. The van der Waals surface area contributed by atoms with Crippen LogP contribution in [0.1, 0.15) is 49.7 Å². The summed E-state index contributed by atoms with van der Waals surface area (Å²) in [7, 11) is 0. The zero-order valence-corrected chi connectivity index (χ0v) is 17.5.